The van der Waals surface area contributed by atoms with Crippen LogP contribution in [0.15, 0.2) is 12.1 Å². The van der Waals surface area contributed by atoms with Crippen LogP contribution < -0.4 is 10.6 Å². The highest BCUT2D eigenvalue weighted by Gasteiger charge is 2.21. The molecule has 0 bridgehead atoms. The Morgan fingerprint density at radius 2 is 1.80 bits per heavy atom. The minimum atomic E-state index is -0.482. The van der Waals surface area contributed by atoms with Crippen molar-refractivity contribution < 1.29 is 8.78 Å². The van der Waals surface area contributed by atoms with Crippen molar-refractivity contribution in [1.82, 2.24) is 0 Å². The van der Waals surface area contributed by atoms with E-state index in [9.17, 15) is 8.78 Å². The number of hydrogen-bond acceptors (Lipinski definition) is 2. The molecule has 2 nitrogen and oxygen atoms in total. The third-order valence-electron chi connectivity index (χ3n) is 3.67. The zero-order chi connectivity index (χ0) is 15.1. The van der Waals surface area contributed by atoms with Crippen LogP contribution in [0.4, 0.5) is 14.5 Å². The molecule has 0 amide bonds. The summed E-state index contributed by atoms with van der Waals surface area (Å²) < 4.78 is 28.6. The lowest BCUT2D eigenvalue weighted by molar-refractivity contribution is 0.530. The van der Waals surface area contributed by atoms with Gasteiger partial charge in [0, 0.05) is 12.6 Å². The summed E-state index contributed by atoms with van der Waals surface area (Å²) in [6.45, 7) is 7.18. The van der Waals surface area contributed by atoms with Crippen molar-refractivity contribution in [3.05, 3.63) is 29.3 Å². The molecular weight excluding hydrogens is 258 g/mol. The Kier molecular flexibility index (Phi) is 6.93. The SMILES string of the molecule is CCCCN(c1c(F)cc(CCN)cc1F)C(C)CC. The summed E-state index contributed by atoms with van der Waals surface area (Å²) >= 11 is 0. The lowest BCUT2D eigenvalue weighted by atomic mass is 10.1. The smallest absolute Gasteiger partial charge is 0.149 e. The van der Waals surface area contributed by atoms with E-state index in [1.54, 1.807) is 0 Å². The molecule has 0 aliphatic heterocycles. The number of benzene rings is 1. The molecule has 1 aromatic carbocycles. The van der Waals surface area contributed by atoms with Crippen LogP contribution in [0.5, 0.6) is 0 Å². The second-order valence-electron chi connectivity index (χ2n) is 5.25. The van der Waals surface area contributed by atoms with E-state index in [2.05, 4.69) is 6.92 Å². The molecule has 4 heteroatoms. The van der Waals surface area contributed by atoms with Crippen molar-refractivity contribution in [2.75, 3.05) is 18.0 Å². The van der Waals surface area contributed by atoms with E-state index in [-0.39, 0.29) is 11.7 Å². The Hall–Kier alpha value is -1.16. The molecule has 0 aliphatic carbocycles. The van der Waals surface area contributed by atoms with Gasteiger partial charge in [-0.15, -0.1) is 0 Å². The van der Waals surface area contributed by atoms with Crippen LogP contribution in [0.1, 0.15) is 45.6 Å². The van der Waals surface area contributed by atoms with E-state index in [0.29, 0.717) is 25.1 Å². The second kappa shape index (κ2) is 8.20. The molecule has 20 heavy (non-hydrogen) atoms. The maximum absolute atomic E-state index is 14.3. The van der Waals surface area contributed by atoms with Crippen LogP contribution >= 0.6 is 0 Å². The predicted octanol–water partition coefficient (Wildman–Crippen LogP) is 3.87. The van der Waals surface area contributed by atoms with E-state index in [1.807, 2.05) is 18.7 Å². The molecule has 114 valence electrons. The van der Waals surface area contributed by atoms with E-state index < -0.39 is 11.6 Å². The molecule has 2 N–H and O–H groups in total. The summed E-state index contributed by atoms with van der Waals surface area (Å²) in [4.78, 5) is 1.85. The van der Waals surface area contributed by atoms with Crippen molar-refractivity contribution in [3.8, 4) is 0 Å². The van der Waals surface area contributed by atoms with Gasteiger partial charge in [-0.2, -0.15) is 0 Å². The highest BCUT2D eigenvalue weighted by Crippen LogP contribution is 2.28. The van der Waals surface area contributed by atoms with E-state index >= 15 is 0 Å². The first-order valence-electron chi connectivity index (χ1n) is 7.49. The maximum atomic E-state index is 14.3. The highest BCUT2D eigenvalue weighted by atomic mass is 19.1. The maximum Gasteiger partial charge on any atom is 0.149 e. The number of halogens is 2. The predicted molar refractivity (Wildman–Crippen MR) is 81.1 cm³/mol. The summed E-state index contributed by atoms with van der Waals surface area (Å²) in [5.41, 5.74) is 6.16. The monoisotopic (exact) mass is 284 g/mol. The standard InChI is InChI=1S/C16H26F2N2/c1-4-6-9-20(12(3)5-2)16-14(17)10-13(7-8-19)11-15(16)18/h10-12H,4-9,19H2,1-3H3. The third-order valence-corrected chi connectivity index (χ3v) is 3.67. The Balaban J connectivity index is 3.12. The van der Waals surface area contributed by atoms with Gasteiger partial charge in [0.1, 0.15) is 17.3 Å². The van der Waals surface area contributed by atoms with Crippen molar-refractivity contribution >= 4 is 5.69 Å². The molecular formula is C16H26F2N2. The van der Waals surface area contributed by atoms with Crippen molar-refractivity contribution in [1.29, 1.82) is 0 Å². The van der Waals surface area contributed by atoms with Gasteiger partial charge in [-0.3, -0.25) is 0 Å². The molecule has 1 atom stereocenters. The quantitative estimate of drug-likeness (QED) is 0.785. The van der Waals surface area contributed by atoms with Crippen molar-refractivity contribution in [2.45, 2.75) is 52.5 Å². The fraction of sp³-hybridized carbons (Fsp3) is 0.625. The van der Waals surface area contributed by atoms with E-state index in [0.717, 1.165) is 19.3 Å². The number of unbranched alkanes of at least 4 members (excludes halogenated alkanes) is 1. The fourth-order valence-electron chi connectivity index (χ4n) is 2.30. The molecule has 1 aromatic rings. The summed E-state index contributed by atoms with van der Waals surface area (Å²) in [6, 6.07) is 2.94. The van der Waals surface area contributed by atoms with Gasteiger partial charge in [0.15, 0.2) is 0 Å². The molecule has 0 aromatic heterocycles. The Labute approximate surface area is 121 Å². The van der Waals surface area contributed by atoms with Gasteiger partial charge in [-0.25, -0.2) is 8.78 Å². The second-order valence-corrected chi connectivity index (χ2v) is 5.25. The average molecular weight is 284 g/mol. The average Bonchev–Trinajstić information content (AvgIpc) is 2.41. The molecule has 0 saturated heterocycles. The van der Waals surface area contributed by atoms with Crippen LogP contribution in [-0.4, -0.2) is 19.1 Å². The number of nitrogens with zero attached hydrogens (tertiary/aromatic N) is 1. The first-order valence-corrected chi connectivity index (χ1v) is 7.49. The van der Waals surface area contributed by atoms with Gasteiger partial charge < -0.3 is 10.6 Å². The van der Waals surface area contributed by atoms with Gasteiger partial charge in [-0.1, -0.05) is 20.3 Å². The Bertz CT molecular complexity index is 398. The first kappa shape index (κ1) is 16.9. The lowest BCUT2D eigenvalue weighted by Gasteiger charge is -2.31. The molecule has 1 rings (SSSR count). The van der Waals surface area contributed by atoms with Gasteiger partial charge >= 0.3 is 0 Å². The molecule has 0 heterocycles. The minimum absolute atomic E-state index is 0.105. The van der Waals surface area contributed by atoms with Crippen LogP contribution in [0.2, 0.25) is 0 Å². The zero-order valence-electron chi connectivity index (χ0n) is 12.8. The Morgan fingerprint density at radius 3 is 2.25 bits per heavy atom. The van der Waals surface area contributed by atoms with Gasteiger partial charge in [0.2, 0.25) is 0 Å². The van der Waals surface area contributed by atoms with Crippen LogP contribution in [0, 0.1) is 11.6 Å². The fourth-order valence-corrected chi connectivity index (χ4v) is 2.30. The largest absolute Gasteiger partial charge is 0.364 e. The van der Waals surface area contributed by atoms with Gasteiger partial charge in [0.25, 0.3) is 0 Å². The zero-order valence-corrected chi connectivity index (χ0v) is 12.8. The molecule has 0 radical (unpaired) electrons. The molecule has 0 aliphatic rings. The van der Waals surface area contributed by atoms with E-state index in [4.69, 9.17) is 5.73 Å². The third kappa shape index (κ3) is 4.17. The van der Waals surface area contributed by atoms with Crippen molar-refractivity contribution in [2.24, 2.45) is 5.73 Å². The number of rotatable bonds is 8. The Morgan fingerprint density at radius 1 is 1.20 bits per heavy atom. The summed E-state index contributed by atoms with van der Waals surface area (Å²) in [6.07, 6.45) is 3.27. The molecule has 0 spiro atoms. The van der Waals surface area contributed by atoms with Gasteiger partial charge in [-0.05, 0) is 50.4 Å². The minimum Gasteiger partial charge on any atom is -0.364 e. The van der Waals surface area contributed by atoms with Gasteiger partial charge in [0.05, 0.1) is 0 Å². The molecule has 0 saturated carbocycles. The van der Waals surface area contributed by atoms with Crippen molar-refractivity contribution in [3.63, 3.8) is 0 Å². The van der Waals surface area contributed by atoms with Crippen LogP contribution in [0.3, 0.4) is 0 Å². The summed E-state index contributed by atoms with van der Waals surface area (Å²) in [7, 11) is 0. The van der Waals surface area contributed by atoms with Crippen LogP contribution in [-0.2, 0) is 6.42 Å². The highest BCUT2D eigenvalue weighted by molar-refractivity contribution is 5.51. The molecule has 1 unspecified atom stereocenters. The topological polar surface area (TPSA) is 29.3 Å². The normalized spacial score (nSPS) is 12.5. The number of anilines is 1. The van der Waals surface area contributed by atoms with E-state index in [1.165, 1.54) is 12.1 Å². The first-order chi connectivity index (χ1) is 9.54. The lowest BCUT2D eigenvalue weighted by Crippen LogP contribution is -2.35. The number of nitrogens with two attached hydrogens (primary N) is 1. The van der Waals surface area contributed by atoms with Crippen LogP contribution in [0.25, 0.3) is 0 Å². The number of hydrogen-bond donors (Lipinski definition) is 1. The summed E-state index contributed by atoms with van der Waals surface area (Å²) in [5.74, 6) is -0.963. The molecule has 0 fully saturated rings. The summed E-state index contributed by atoms with van der Waals surface area (Å²) in [5, 5.41) is 0.